The fourth-order valence-corrected chi connectivity index (χ4v) is 5.29. The minimum absolute atomic E-state index is 0.368. The van der Waals surface area contributed by atoms with Crippen molar-refractivity contribution in [3.8, 4) is 0 Å². The number of hydrogen-bond acceptors (Lipinski definition) is 4. The first-order valence-electron chi connectivity index (χ1n) is 5.94. The van der Waals surface area contributed by atoms with E-state index in [0.29, 0.717) is 21.6 Å². The summed E-state index contributed by atoms with van der Waals surface area (Å²) in [5.74, 6) is 0. The third kappa shape index (κ3) is 3.22. The summed E-state index contributed by atoms with van der Waals surface area (Å²) >= 11 is 4.79. The summed E-state index contributed by atoms with van der Waals surface area (Å²) in [6, 6.07) is 7.15. The van der Waals surface area contributed by atoms with Crippen LogP contribution in [0.4, 0.5) is 5.69 Å². The number of hydrogen-bond donors (Lipinski definition) is 2. The highest BCUT2D eigenvalue weighted by Gasteiger charge is 2.23. The van der Waals surface area contributed by atoms with Gasteiger partial charge in [0.2, 0.25) is 0 Å². The minimum atomic E-state index is -3.59. The number of sulfonamides is 1. The zero-order valence-electron chi connectivity index (χ0n) is 11.1. The van der Waals surface area contributed by atoms with Crippen LogP contribution in [-0.4, -0.2) is 15.5 Å². The van der Waals surface area contributed by atoms with E-state index < -0.39 is 10.0 Å². The first-order valence-corrected chi connectivity index (χ1v) is 9.10. The largest absolute Gasteiger partial charge is 0.315 e. The van der Waals surface area contributed by atoms with Gasteiger partial charge in [0.05, 0.1) is 5.69 Å². The Morgan fingerprint density at radius 1 is 1.30 bits per heavy atom. The van der Waals surface area contributed by atoms with E-state index in [4.69, 9.17) is 0 Å². The second kappa shape index (κ2) is 6.26. The molecule has 0 unspecified atom stereocenters. The first-order chi connectivity index (χ1) is 9.45. The maximum atomic E-state index is 12.6. The quantitative estimate of drug-likeness (QED) is 0.843. The number of nitrogens with one attached hydrogen (secondary N) is 2. The number of para-hydroxylation sites is 1. The zero-order valence-corrected chi connectivity index (χ0v) is 14.3. The standard InChI is InChI=1S/C13H15BrN2O2S2/c1-9-8-19-12(7-15-2)13(9)20(17,18)16-11-6-4-3-5-10(11)14/h3-6,8,15-16H,7H2,1-2H3. The van der Waals surface area contributed by atoms with Gasteiger partial charge in [0.25, 0.3) is 10.0 Å². The summed E-state index contributed by atoms with van der Waals surface area (Å²) in [6.07, 6.45) is 0. The van der Waals surface area contributed by atoms with Crippen LogP contribution in [-0.2, 0) is 16.6 Å². The average molecular weight is 375 g/mol. The Morgan fingerprint density at radius 3 is 2.65 bits per heavy atom. The van der Waals surface area contributed by atoms with Crippen LogP contribution in [0.1, 0.15) is 10.4 Å². The summed E-state index contributed by atoms with van der Waals surface area (Å²) in [7, 11) is -1.79. The third-order valence-corrected chi connectivity index (χ3v) is 6.23. The zero-order chi connectivity index (χ0) is 14.8. The lowest BCUT2D eigenvalue weighted by atomic mass is 10.3. The highest BCUT2D eigenvalue weighted by Crippen LogP contribution is 2.30. The second-order valence-electron chi connectivity index (χ2n) is 4.29. The lowest BCUT2D eigenvalue weighted by Gasteiger charge is -2.11. The fourth-order valence-electron chi connectivity index (χ4n) is 1.87. The molecule has 0 bridgehead atoms. The van der Waals surface area contributed by atoms with Crippen LogP contribution in [0.15, 0.2) is 39.0 Å². The second-order valence-corrected chi connectivity index (χ2v) is 7.72. The minimum Gasteiger partial charge on any atom is -0.315 e. The van der Waals surface area contributed by atoms with Crippen molar-refractivity contribution in [2.75, 3.05) is 11.8 Å². The molecule has 0 atom stereocenters. The Bertz CT molecular complexity index is 711. The predicted molar refractivity (Wildman–Crippen MR) is 86.8 cm³/mol. The summed E-state index contributed by atoms with van der Waals surface area (Å²) < 4.78 is 28.5. The molecule has 2 aromatic rings. The molecule has 1 heterocycles. The third-order valence-electron chi connectivity index (χ3n) is 2.71. The predicted octanol–water partition coefficient (Wildman–Crippen LogP) is 3.34. The van der Waals surface area contributed by atoms with Crippen LogP contribution >= 0.6 is 27.3 Å². The maximum absolute atomic E-state index is 12.6. The Hall–Kier alpha value is -0.890. The van der Waals surface area contributed by atoms with Crippen LogP contribution in [0.5, 0.6) is 0 Å². The van der Waals surface area contributed by atoms with Gasteiger partial charge in [-0.05, 0) is 53.0 Å². The lowest BCUT2D eigenvalue weighted by Crippen LogP contribution is -2.17. The van der Waals surface area contributed by atoms with Gasteiger partial charge in [0.1, 0.15) is 4.90 Å². The van der Waals surface area contributed by atoms with E-state index >= 15 is 0 Å². The van der Waals surface area contributed by atoms with E-state index in [1.165, 1.54) is 11.3 Å². The topological polar surface area (TPSA) is 58.2 Å². The molecule has 0 saturated carbocycles. The van der Waals surface area contributed by atoms with Gasteiger partial charge in [-0.25, -0.2) is 8.42 Å². The molecule has 0 spiro atoms. The van der Waals surface area contributed by atoms with E-state index in [1.807, 2.05) is 18.4 Å². The van der Waals surface area contributed by atoms with Gasteiger partial charge in [0, 0.05) is 15.9 Å². The van der Waals surface area contributed by atoms with Crippen LogP contribution in [0.3, 0.4) is 0 Å². The van der Waals surface area contributed by atoms with E-state index in [-0.39, 0.29) is 0 Å². The molecule has 20 heavy (non-hydrogen) atoms. The molecule has 1 aromatic heterocycles. The van der Waals surface area contributed by atoms with Crippen LogP contribution in [0.2, 0.25) is 0 Å². The van der Waals surface area contributed by atoms with Gasteiger partial charge in [-0.2, -0.15) is 0 Å². The van der Waals surface area contributed by atoms with Crippen LogP contribution in [0.25, 0.3) is 0 Å². The summed E-state index contributed by atoms with van der Waals surface area (Å²) in [6.45, 7) is 2.34. The highest BCUT2D eigenvalue weighted by atomic mass is 79.9. The van der Waals surface area contributed by atoms with E-state index in [1.54, 1.807) is 25.2 Å². The van der Waals surface area contributed by atoms with Gasteiger partial charge in [-0.3, -0.25) is 4.72 Å². The Labute approximate surface area is 131 Å². The summed E-state index contributed by atoms with van der Waals surface area (Å²) in [5, 5.41) is 4.86. The maximum Gasteiger partial charge on any atom is 0.263 e. The molecule has 0 aliphatic rings. The number of anilines is 1. The van der Waals surface area contributed by atoms with Crippen LogP contribution < -0.4 is 10.0 Å². The Morgan fingerprint density at radius 2 is 2.00 bits per heavy atom. The lowest BCUT2D eigenvalue weighted by molar-refractivity contribution is 0.599. The molecular formula is C13H15BrN2O2S2. The molecule has 1 aromatic carbocycles. The van der Waals surface area contributed by atoms with Gasteiger partial charge < -0.3 is 5.32 Å². The van der Waals surface area contributed by atoms with Gasteiger partial charge in [-0.1, -0.05) is 12.1 Å². The van der Waals surface area contributed by atoms with Crippen molar-refractivity contribution in [1.29, 1.82) is 0 Å². The molecular weight excluding hydrogens is 360 g/mol. The van der Waals surface area contributed by atoms with Gasteiger partial charge in [-0.15, -0.1) is 11.3 Å². The average Bonchev–Trinajstić information content (AvgIpc) is 2.74. The van der Waals surface area contributed by atoms with E-state index in [9.17, 15) is 8.42 Å². The molecule has 0 amide bonds. The summed E-state index contributed by atoms with van der Waals surface area (Å²) in [4.78, 5) is 1.18. The molecule has 0 fully saturated rings. The Kier molecular flexibility index (Phi) is 4.85. The SMILES string of the molecule is CNCc1scc(C)c1S(=O)(=O)Nc1ccccc1Br. The van der Waals surface area contributed by atoms with Crippen molar-refractivity contribution in [2.24, 2.45) is 0 Å². The molecule has 0 aliphatic heterocycles. The molecule has 0 aliphatic carbocycles. The number of thiophene rings is 1. The first kappa shape index (κ1) is 15.5. The van der Waals surface area contributed by atoms with Crippen molar-refractivity contribution >= 4 is 43.0 Å². The van der Waals surface area contributed by atoms with Gasteiger partial charge >= 0.3 is 0 Å². The molecule has 108 valence electrons. The van der Waals surface area contributed by atoms with Crippen molar-refractivity contribution in [3.05, 3.63) is 44.6 Å². The number of halogens is 1. The summed E-state index contributed by atoms with van der Waals surface area (Å²) in [5.41, 5.74) is 1.30. The number of benzene rings is 1. The molecule has 0 saturated heterocycles. The molecule has 7 heteroatoms. The van der Waals surface area contributed by atoms with Crippen molar-refractivity contribution < 1.29 is 8.42 Å². The number of aryl methyl sites for hydroxylation is 1. The normalized spacial score (nSPS) is 11.6. The fraction of sp³-hybridized carbons (Fsp3) is 0.231. The molecule has 4 nitrogen and oxygen atoms in total. The molecule has 2 rings (SSSR count). The molecule has 0 radical (unpaired) electrons. The van der Waals surface area contributed by atoms with Crippen molar-refractivity contribution in [2.45, 2.75) is 18.4 Å². The molecule has 2 N–H and O–H groups in total. The van der Waals surface area contributed by atoms with Crippen molar-refractivity contribution in [1.82, 2.24) is 5.32 Å². The van der Waals surface area contributed by atoms with Crippen LogP contribution in [0, 0.1) is 6.92 Å². The Balaban J connectivity index is 2.41. The van der Waals surface area contributed by atoms with Gasteiger partial charge in [0.15, 0.2) is 0 Å². The van der Waals surface area contributed by atoms with E-state index in [0.717, 1.165) is 10.4 Å². The van der Waals surface area contributed by atoms with Crippen molar-refractivity contribution in [3.63, 3.8) is 0 Å². The highest BCUT2D eigenvalue weighted by molar-refractivity contribution is 9.10. The number of rotatable bonds is 5. The monoisotopic (exact) mass is 374 g/mol. The smallest absolute Gasteiger partial charge is 0.263 e. The van der Waals surface area contributed by atoms with E-state index in [2.05, 4.69) is 26.0 Å².